The highest BCUT2D eigenvalue weighted by molar-refractivity contribution is 5.21. The van der Waals surface area contributed by atoms with Crippen LogP contribution in [0.3, 0.4) is 0 Å². The van der Waals surface area contributed by atoms with Crippen molar-refractivity contribution >= 4 is 0 Å². The highest BCUT2D eigenvalue weighted by Crippen LogP contribution is 2.14. The Morgan fingerprint density at radius 1 is 1.25 bits per heavy atom. The molecule has 1 rings (SSSR count). The molecule has 1 atom stereocenters. The molecule has 0 saturated heterocycles. The molecule has 0 saturated carbocycles. The van der Waals surface area contributed by atoms with Gasteiger partial charge in [0.25, 0.3) is 0 Å². The van der Waals surface area contributed by atoms with Gasteiger partial charge in [0, 0.05) is 13.7 Å². The summed E-state index contributed by atoms with van der Waals surface area (Å²) >= 11 is 0. The molecule has 0 heterocycles. The van der Waals surface area contributed by atoms with Crippen LogP contribution in [0.25, 0.3) is 0 Å². The van der Waals surface area contributed by atoms with E-state index in [0.29, 0.717) is 5.92 Å². The summed E-state index contributed by atoms with van der Waals surface area (Å²) in [7, 11) is 1.75. The van der Waals surface area contributed by atoms with Crippen molar-refractivity contribution in [3.05, 3.63) is 35.4 Å². The lowest BCUT2D eigenvalue weighted by Crippen LogP contribution is -2.17. The smallest absolute Gasteiger partial charge is 0.0462 e. The average molecular weight is 221 g/mol. The van der Waals surface area contributed by atoms with E-state index in [4.69, 9.17) is 10.5 Å². The van der Waals surface area contributed by atoms with Gasteiger partial charge in [-0.25, -0.2) is 0 Å². The molecule has 90 valence electrons. The van der Waals surface area contributed by atoms with Gasteiger partial charge in [0.05, 0.1) is 0 Å². The average Bonchev–Trinajstić information content (AvgIpc) is 2.31. The van der Waals surface area contributed by atoms with Crippen LogP contribution >= 0.6 is 0 Å². The van der Waals surface area contributed by atoms with Crippen LogP contribution in [0.4, 0.5) is 0 Å². The Labute approximate surface area is 98.8 Å². The van der Waals surface area contributed by atoms with Gasteiger partial charge in [-0.1, -0.05) is 29.8 Å². The predicted octanol–water partition coefficient (Wildman–Crippen LogP) is 2.54. The molecule has 16 heavy (non-hydrogen) atoms. The summed E-state index contributed by atoms with van der Waals surface area (Å²) in [4.78, 5) is 0. The molecule has 0 aliphatic carbocycles. The Balaban J connectivity index is 2.40. The van der Waals surface area contributed by atoms with Crippen LogP contribution in [-0.2, 0) is 11.2 Å². The van der Waals surface area contributed by atoms with Gasteiger partial charge in [-0.05, 0) is 44.2 Å². The zero-order chi connectivity index (χ0) is 11.8. The maximum atomic E-state index is 5.79. The molecule has 0 aliphatic heterocycles. The Morgan fingerprint density at radius 3 is 2.50 bits per heavy atom. The summed E-state index contributed by atoms with van der Waals surface area (Å²) in [6, 6.07) is 8.73. The van der Waals surface area contributed by atoms with Crippen molar-refractivity contribution in [2.24, 2.45) is 11.7 Å². The van der Waals surface area contributed by atoms with E-state index in [-0.39, 0.29) is 0 Å². The summed E-state index contributed by atoms with van der Waals surface area (Å²) in [6.45, 7) is 3.71. The normalized spacial score (nSPS) is 12.7. The van der Waals surface area contributed by atoms with Crippen LogP contribution in [0.1, 0.15) is 24.0 Å². The Kier molecular flexibility index (Phi) is 6.12. The van der Waals surface area contributed by atoms with Gasteiger partial charge in [0.2, 0.25) is 0 Å². The monoisotopic (exact) mass is 221 g/mol. The SMILES string of the molecule is COCCCC(CN)Cc1ccc(C)cc1. The van der Waals surface area contributed by atoms with Crippen molar-refractivity contribution in [3.8, 4) is 0 Å². The van der Waals surface area contributed by atoms with E-state index < -0.39 is 0 Å². The van der Waals surface area contributed by atoms with Crippen LogP contribution < -0.4 is 5.73 Å². The van der Waals surface area contributed by atoms with Crippen molar-refractivity contribution in [3.63, 3.8) is 0 Å². The molecule has 0 aliphatic rings. The molecule has 1 aromatic rings. The maximum Gasteiger partial charge on any atom is 0.0462 e. The summed E-state index contributed by atoms with van der Waals surface area (Å²) in [5.41, 5.74) is 8.49. The van der Waals surface area contributed by atoms with Crippen LogP contribution in [-0.4, -0.2) is 20.3 Å². The third-order valence-corrected chi connectivity index (χ3v) is 2.94. The quantitative estimate of drug-likeness (QED) is 0.718. The standard InChI is InChI=1S/C14H23NO/c1-12-5-7-13(8-6-12)10-14(11-15)4-3-9-16-2/h5-8,14H,3-4,9-11,15H2,1-2H3. The Bertz CT molecular complexity index is 281. The second-order valence-electron chi connectivity index (χ2n) is 4.43. The molecule has 2 nitrogen and oxygen atoms in total. The van der Waals surface area contributed by atoms with Gasteiger partial charge >= 0.3 is 0 Å². The topological polar surface area (TPSA) is 35.2 Å². The van der Waals surface area contributed by atoms with Gasteiger partial charge in [-0.2, -0.15) is 0 Å². The summed E-state index contributed by atoms with van der Waals surface area (Å²) in [5.74, 6) is 0.581. The molecule has 2 N–H and O–H groups in total. The molecule has 0 fully saturated rings. The maximum absolute atomic E-state index is 5.79. The van der Waals surface area contributed by atoms with E-state index in [1.807, 2.05) is 0 Å². The molecule has 0 aromatic heterocycles. The number of ether oxygens (including phenoxy) is 1. The molecular weight excluding hydrogens is 198 g/mol. The van der Waals surface area contributed by atoms with Gasteiger partial charge in [0.1, 0.15) is 0 Å². The van der Waals surface area contributed by atoms with E-state index in [2.05, 4.69) is 31.2 Å². The molecule has 0 radical (unpaired) electrons. The van der Waals surface area contributed by atoms with Gasteiger partial charge < -0.3 is 10.5 Å². The summed E-state index contributed by atoms with van der Waals surface area (Å²) < 4.78 is 5.06. The van der Waals surface area contributed by atoms with E-state index in [9.17, 15) is 0 Å². The van der Waals surface area contributed by atoms with E-state index >= 15 is 0 Å². The number of benzene rings is 1. The molecule has 1 unspecified atom stereocenters. The number of hydrogen-bond acceptors (Lipinski definition) is 2. The molecule has 0 amide bonds. The first-order valence-electron chi connectivity index (χ1n) is 6.00. The van der Waals surface area contributed by atoms with Gasteiger partial charge in [-0.3, -0.25) is 0 Å². The van der Waals surface area contributed by atoms with Crippen molar-refractivity contribution in [1.82, 2.24) is 0 Å². The first-order chi connectivity index (χ1) is 7.76. The van der Waals surface area contributed by atoms with Crippen molar-refractivity contribution in [2.75, 3.05) is 20.3 Å². The molecule has 1 aromatic carbocycles. The van der Waals surface area contributed by atoms with Crippen LogP contribution in [0.15, 0.2) is 24.3 Å². The van der Waals surface area contributed by atoms with E-state index in [1.165, 1.54) is 11.1 Å². The molecule has 2 heteroatoms. The summed E-state index contributed by atoms with van der Waals surface area (Å²) in [6.07, 6.45) is 3.34. The second-order valence-corrected chi connectivity index (χ2v) is 4.43. The first-order valence-corrected chi connectivity index (χ1v) is 6.00. The molecule has 0 spiro atoms. The van der Waals surface area contributed by atoms with E-state index in [0.717, 1.165) is 32.4 Å². The lowest BCUT2D eigenvalue weighted by atomic mass is 9.94. The van der Waals surface area contributed by atoms with Gasteiger partial charge in [0.15, 0.2) is 0 Å². The Hall–Kier alpha value is -0.860. The summed E-state index contributed by atoms with van der Waals surface area (Å²) in [5, 5.41) is 0. The van der Waals surface area contributed by atoms with Crippen LogP contribution in [0.2, 0.25) is 0 Å². The second kappa shape index (κ2) is 7.42. The number of nitrogens with two attached hydrogens (primary N) is 1. The third-order valence-electron chi connectivity index (χ3n) is 2.94. The highest BCUT2D eigenvalue weighted by atomic mass is 16.5. The lowest BCUT2D eigenvalue weighted by molar-refractivity contribution is 0.187. The number of aryl methyl sites for hydroxylation is 1. The van der Waals surface area contributed by atoms with Crippen molar-refractivity contribution in [2.45, 2.75) is 26.2 Å². The minimum Gasteiger partial charge on any atom is -0.385 e. The fourth-order valence-electron chi connectivity index (χ4n) is 1.88. The number of methoxy groups -OCH3 is 1. The first kappa shape index (κ1) is 13.2. The van der Waals surface area contributed by atoms with Crippen molar-refractivity contribution < 1.29 is 4.74 Å². The Morgan fingerprint density at radius 2 is 1.94 bits per heavy atom. The predicted molar refractivity (Wildman–Crippen MR) is 68.5 cm³/mol. The number of rotatable bonds is 7. The zero-order valence-corrected chi connectivity index (χ0v) is 10.4. The van der Waals surface area contributed by atoms with E-state index in [1.54, 1.807) is 7.11 Å². The zero-order valence-electron chi connectivity index (χ0n) is 10.4. The minimum atomic E-state index is 0.581. The lowest BCUT2D eigenvalue weighted by Gasteiger charge is -2.14. The number of hydrogen-bond donors (Lipinski definition) is 1. The largest absolute Gasteiger partial charge is 0.385 e. The fourth-order valence-corrected chi connectivity index (χ4v) is 1.88. The fraction of sp³-hybridized carbons (Fsp3) is 0.571. The molecular formula is C14H23NO. The highest BCUT2D eigenvalue weighted by Gasteiger charge is 2.07. The minimum absolute atomic E-state index is 0.581. The third kappa shape index (κ3) is 4.77. The van der Waals surface area contributed by atoms with Crippen molar-refractivity contribution in [1.29, 1.82) is 0 Å². The molecule has 0 bridgehead atoms. The van der Waals surface area contributed by atoms with Crippen LogP contribution in [0.5, 0.6) is 0 Å². The van der Waals surface area contributed by atoms with Gasteiger partial charge in [-0.15, -0.1) is 0 Å². The van der Waals surface area contributed by atoms with Crippen LogP contribution in [0, 0.1) is 12.8 Å².